The normalized spacial score (nSPS) is 21.5. The van der Waals surface area contributed by atoms with Crippen LogP contribution in [0.2, 0.25) is 0 Å². The molecular weight excluding hydrogens is 386 g/mol. The second-order valence-corrected chi connectivity index (χ2v) is 10.5. The van der Waals surface area contributed by atoms with Gasteiger partial charge in [0.1, 0.15) is 10.6 Å². The zero-order chi connectivity index (χ0) is 20.3. The van der Waals surface area contributed by atoms with Crippen LogP contribution >= 0.6 is 0 Å². The van der Waals surface area contributed by atoms with Crippen LogP contribution in [0.1, 0.15) is 49.8 Å². The summed E-state index contributed by atoms with van der Waals surface area (Å²) in [6, 6.07) is 8.40. The Labute approximate surface area is 173 Å². The van der Waals surface area contributed by atoms with Crippen LogP contribution in [0.4, 0.5) is 0 Å². The molecule has 0 spiro atoms. The smallest absolute Gasteiger partial charge is 0.178 e. The minimum absolute atomic E-state index is 0.338. The molecule has 2 heterocycles. The first-order chi connectivity index (χ1) is 14.0. The highest BCUT2D eigenvalue weighted by Crippen LogP contribution is 2.29. The molecule has 2 fully saturated rings. The summed E-state index contributed by atoms with van der Waals surface area (Å²) in [5, 5.41) is 6.87. The van der Waals surface area contributed by atoms with Gasteiger partial charge in [-0.15, -0.1) is 0 Å². The molecule has 2 aromatic rings. The summed E-state index contributed by atoms with van der Waals surface area (Å²) in [6.45, 7) is 2.90. The minimum atomic E-state index is -3.24. The molecule has 1 saturated heterocycles. The van der Waals surface area contributed by atoms with Crippen molar-refractivity contribution in [3.63, 3.8) is 0 Å². The third-order valence-corrected chi connectivity index (χ3v) is 7.29. The largest absolute Gasteiger partial charge is 0.490 e. The highest BCUT2D eigenvalue weighted by Gasteiger charge is 2.25. The molecule has 1 aromatic heterocycles. The Morgan fingerprint density at radius 3 is 2.76 bits per heavy atom. The maximum Gasteiger partial charge on any atom is 0.178 e. The monoisotopic (exact) mass is 417 g/mol. The molecule has 1 atom stereocenters. The first-order valence-corrected chi connectivity index (χ1v) is 12.6. The predicted molar refractivity (Wildman–Crippen MR) is 113 cm³/mol. The van der Waals surface area contributed by atoms with Crippen LogP contribution in [0, 0.1) is 5.92 Å². The van der Waals surface area contributed by atoms with Crippen LogP contribution < -0.4 is 4.74 Å². The van der Waals surface area contributed by atoms with Crippen LogP contribution in [-0.2, 0) is 22.8 Å². The van der Waals surface area contributed by atoms with E-state index in [9.17, 15) is 8.42 Å². The van der Waals surface area contributed by atoms with Gasteiger partial charge in [-0.05, 0) is 63.5 Å². The number of ether oxygens (including phenoxy) is 1. The van der Waals surface area contributed by atoms with E-state index in [1.54, 1.807) is 0 Å². The third-order valence-electron chi connectivity index (χ3n) is 6.14. The predicted octanol–water partition coefficient (Wildman–Crippen LogP) is 3.59. The number of piperidine rings is 1. The minimum Gasteiger partial charge on any atom is -0.490 e. The van der Waals surface area contributed by atoms with E-state index in [0.29, 0.717) is 16.9 Å². The molecule has 1 aromatic carbocycles. The summed E-state index contributed by atoms with van der Waals surface area (Å²) in [5.74, 6) is 1.45. The number of nitrogens with zero attached hydrogens (tertiary/aromatic N) is 2. The first-order valence-electron chi connectivity index (χ1n) is 10.7. The van der Waals surface area contributed by atoms with Gasteiger partial charge in [0.2, 0.25) is 0 Å². The van der Waals surface area contributed by atoms with E-state index in [4.69, 9.17) is 4.74 Å². The molecule has 0 unspecified atom stereocenters. The SMILES string of the molecule is CS(=O)(=O)c1cn[nH]c1C[C@@H]1CCCN(Cc2ccccc2OC2CCCC2)C1. The van der Waals surface area contributed by atoms with E-state index in [-0.39, 0.29) is 0 Å². The standard InChI is InChI=1S/C22H31N3O3S/c1-29(26,27)22-14-23-24-20(22)13-17-7-6-12-25(15-17)16-18-8-2-5-11-21(18)28-19-9-3-4-10-19/h2,5,8,11,14,17,19H,3-4,6-7,9-10,12-13,15-16H2,1H3,(H,23,24)/t17-/m0/s1. The lowest BCUT2D eigenvalue weighted by Gasteiger charge is -2.33. The first kappa shape index (κ1) is 20.4. The summed E-state index contributed by atoms with van der Waals surface area (Å²) >= 11 is 0. The number of sulfone groups is 1. The molecule has 0 radical (unpaired) electrons. The van der Waals surface area contributed by atoms with Crippen molar-refractivity contribution in [3.05, 3.63) is 41.7 Å². The fraction of sp³-hybridized carbons (Fsp3) is 0.591. The zero-order valence-corrected chi connectivity index (χ0v) is 18.0. The van der Waals surface area contributed by atoms with Crippen molar-refractivity contribution in [1.82, 2.24) is 15.1 Å². The number of hydrogen-bond acceptors (Lipinski definition) is 5. The van der Waals surface area contributed by atoms with E-state index in [1.807, 2.05) is 0 Å². The van der Waals surface area contributed by atoms with E-state index in [0.717, 1.165) is 63.2 Å². The lowest BCUT2D eigenvalue weighted by molar-refractivity contribution is 0.159. The summed E-state index contributed by atoms with van der Waals surface area (Å²) < 4.78 is 30.2. The van der Waals surface area contributed by atoms with Gasteiger partial charge in [0, 0.05) is 24.9 Å². The molecule has 7 heteroatoms. The van der Waals surface area contributed by atoms with E-state index < -0.39 is 9.84 Å². The van der Waals surface area contributed by atoms with Crippen LogP contribution in [0.3, 0.4) is 0 Å². The van der Waals surface area contributed by atoms with Crippen molar-refractivity contribution >= 4 is 9.84 Å². The molecule has 158 valence electrons. The topological polar surface area (TPSA) is 75.3 Å². The Kier molecular flexibility index (Phi) is 6.25. The van der Waals surface area contributed by atoms with Gasteiger partial charge in [-0.2, -0.15) is 5.10 Å². The highest BCUT2D eigenvalue weighted by atomic mass is 32.2. The number of hydrogen-bond donors (Lipinski definition) is 1. The fourth-order valence-electron chi connectivity index (χ4n) is 4.69. The third kappa shape index (κ3) is 5.20. The molecular formula is C22H31N3O3S. The lowest BCUT2D eigenvalue weighted by Crippen LogP contribution is -2.36. The van der Waals surface area contributed by atoms with Gasteiger partial charge in [0.05, 0.1) is 18.0 Å². The van der Waals surface area contributed by atoms with Gasteiger partial charge in [-0.1, -0.05) is 18.2 Å². The number of H-pyrrole nitrogens is 1. The van der Waals surface area contributed by atoms with Crippen LogP contribution in [0.25, 0.3) is 0 Å². The average molecular weight is 418 g/mol. The van der Waals surface area contributed by atoms with Crippen LogP contribution in [0.15, 0.2) is 35.4 Å². The second-order valence-electron chi connectivity index (χ2n) is 8.56. The van der Waals surface area contributed by atoms with E-state index >= 15 is 0 Å². The van der Waals surface area contributed by atoms with Crippen molar-refractivity contribution in [2.45, 2.75) is 62.5 Å². The summed E-state index contributed by atoms with van der Waals surface area (Å²) in [6.07, 6.45) is 10.8. The number of benzene rings is 1. The molecule has 4 rings (SSSR count). The summed E-state index contributed by atoms with van der Waals surface area (Å²) in [5.41, 5.74) is 1.99. The Morgan fingerprint density at radius 1 is 1.17 bits per heavy atom. The molecule has 29 heavy (non-hydrogen) atoms. The lowest BCUT2D eigenvalue weighted by atomic mass is 9.93. The van der Waals surface area contributed by atoms with Crippen molar-refractivity contribution < 1.29 is 13.2 Å². The molecule has 1 aliphatic heterocycles. The maximum atomic E-state index is 12.0. The number of nitrogens with one attached hydrogen (secondary N) is 1. The molecule has 1 aliphatic carbocycles. The van der Waals surface area contributed by atoms with Gasteiger partial charge in [0.15, 0.2) is 9.84 Å². The molecule has 2 aliphatic rings. The second kappa shape index (κ2) is 8.88. The Balaban J connectivity index is 1.40. The maximum absolute atomic E-state index is 12.0. The quantitative estimate of drug-likeness (QED) is 0.745. The number of aromatic amines is 1. The van der Waals surface area contributed by atoms with Gasteiger partial charge < -0.3 is 4.74 Å². The van der Waals surface area contributed by atoms with Crippen molar-refractivity contribution in [2.24, 2.45) is 5.92 Å². The zero-order valence-electron chi connectivity index (χ0n) is 17.1. The van der Waals surface area contributed by atoms with Crippen molar-refractivity contribution in [2.75, 3.05) is 19.3 Å². The van der Waals surface area contributed by atoms with Gasteiger partial charge in [-0.3, -0.25) is 10.00 Å². The average Bonchev–Trinajstić information content (AvgIpc) is 3.35. The molecule has 1 N–H and O–H groups in total. The number of aromatic nitrogens is 2. The van der Waals surface area contributed by atoms with E-state index in [2.05, 4.69) is 39.4 Å². The molecule has 1 saturated carbocycles. The highest BCUT2D eigenvalue weighted by molar-refractivity contribution is 7.90. The van der Waals surface area contributed by atoms with Gasteiger partial charge >= 0.3 is 0 Å². The van der Waals surface area contributed by atoms with Crippen LogP contribution in [-0.4, -0.2) is 49.0 Å². The molecule has 6 nitrogen and oxygen atoms in total. The van der Waals surface area contributed by atoms with Crippen molar-refractivity contribution in [1.29, 1.82) is 0 Å². The Morgan fingerprint density at radius 2 is 1.97 bits per heavy atom. The fourth-order valence-corrected chi connectivity index (χ4v) is 5.51. The number of para-hydroxylation sites is 1. The molecule has 0 bridgehead atoms. The summed E-state index contributed by atoms with van der Waals surface area (Å²) in [4.78, 5) is 2.81. The summed E-state index contributed by atoms with van der Waals surface area (Å²) in [7, 11) is -3.24. The van der Waals surface area contributed by atoms with Gasteiger partial charge in [-0.25, -0.2) is 8.42 Å². The molecule has 0 amide bonds. The number of likely N-dealkylation sites (tertiary alicyclic amines) is 1. The van der Waals surface area contributed by atoms with E-state index in [1.165, 1.54) is 30.9 Å². The van der Waals surface area contributed by atoms with Gasteiger partial charge in [0.25, 0.3) is 0 Å². The van der Waals surface area contributed by atoms with Crippen molar-refractivity contribution in [3.8, 4) is 5.75 Å². The Hall–Kier alpha value is -1.86. The van der Waals surface area contributed by atoms with Crippen LogP contribution in [0.5, 0.6) is 5.75 Å². The number of rotatable bonds is 7. The Bertz CT molecular complexity index is 919.